The zero-order chi connectivity index (χ0) is 26.8. The second-order valence-electron chi connectivity index (χ2n) is 9.24. The Hall–Kier alpha value is -3.69. The number of halogens is 2. The number of rotatable bonds is 7. The van der Waals surface area contributed by atoms with Gasteiger partial charge in [0.2, 0.25) is 5.92 Å². The third-order valence-electron chi connectivity index (χ3n) is 6.38. The molecule has 0 bridgehead atoms. The van der Waals surface area contributed by atoms with Gasteiger partial charge in [0.05, 0.1) is 27.9 Å². The van der Waals surface area contributed by atoms with Crippen LogP contribution in [-0.2, 0) is 10.0 Å². The largest absolute Gasteiger partial charge is 0.390 e. The van der Waals surface area contributed by atoms with Gasteiger partial charge >= 0.3 is 0 Å². The molecule has 12 heteroatoms. The summed E-state index contributed by atoms with van der Waals surface area (Å²) in [5, 5.41) is 20.3. The summed E-state index contributed by atoms with van der Waals surface area (Å²) < 4.78 is 54.9. The molecule has 1 fully saturated rings. The number of aliphatic hydroxyl groups is 1. The Morgan fingerprint density at radius 1 is 1.22 bits per heavy atom. The Labute approximate surface area is 212 Å². The Morgan fingerprint density at radius 2 is 1.92 bits per heavy atom. The summed E-state index contributed by atoms with van der Waals surface area (Å²) in [6, 6.07) is 10.5. The molecule has 2 N–H and O–H groups in total. The van der Waals surface area contributed by atoms with Gasteiger partial charge in [-0.2, -0.15) is 5.26 Å². The minimum Gasteiger partial charge on any atom is -0.390 e. The van der Waals surface area contributed by atoms with E-state index in [1.54, 1.807) is 12.1 Å². The third kappa shape index (κ3) is 6.00. The van der Waals surface area contributed by atoms with Crippen LogP contribution in [0.25, 0.3) is 11.0 Å². The molecule has 1 aromatic heterocycles. The number of amides is 1. The molecule has 1 saturated heterocycles. The maximum atomic E-state index is 13.2. The smallest absolute Gasteiger partial charge is 0.264 e. The standard InChI is InChI=1S/C25H25F2N5O4S/c1-24(26,27)7-8-25(34)9-13-32(14-10-25)23(33)19-6-5-18(15-17(19)16-28)31-37(35,36)21-4-2-3-20-22(21)30-12-11-29-20/h2-6,11-12,15,31,34H,7-10,13-14H2,1H3. The van der Waals surface area contributed by atoms with E-state index in [-0.39, 0.29) is 59.6 Å². The van der Waals surface area contributed by atoms with E-state index in [0.717, 1.165) is 6.92 Å². The number of hydrogen-bond acceptors (Lipinski definition) is 7. The molecule has 1 amide bonds. The molecule has 0 saturated carbocycles. The predicted octanol–water partition coefficient (Wildman–Crippen LogP) is 3.70. The molecule has 1 aliphatic heterocycles. The molecule has 0 spiro atoms. The van der Waals surface area contributed by atoms with Crippen molar-refractivity contribution >= 4 is 32.7 Å². The van der Waals surface area contributed by atoms with E-state index in [0.29, 0.717) is 5.52 Å². The molecular weight excluding hydrogens is 504 g/mol. The fourth-order valence-electron chi connectivity index (χ4n) is 4.28. The number of nitriles is 1. The lowest BCUT2D eigenvalue weighted by Crippen LogP contribution is -2.47. The van der Waals surface area contributed by atoms with Crippen molar-refractivity contribution in [3.05, 3.63) is 59.9 Å². The molecule has 4 rings (SSSR count). The van der Waals surface area contributed by atoms with Crippen LogP contribution in [0.5, 0.6) is 0 Å². The first kappa shape index (κ1) is 26.4. The van der Waals surface area contributed by atoms with E-state index in [4.69, 9.17) is 0 Å². The molecular formula is C25H25F2N5O4S. The molecule has 0 unspecified atom stereocenters. The van der Waals surface area contributed by atoms with Gasteiger partial charge in [0, 0.05) is 31.9 Å². The van der Waals surface area contributed by atoms with Crippen molar-refractivity contribution in [3.63, 3.8) is 0 Å². The first-order valence-corrected chi connectivity index (χ1v) is 13.1. The van der Waals surface area contributed by atoms with Gasteiger partial charge in [0.25, 0.3) is 15.9 Å². The van der Waals surface area contributed by atoms with Gasteiger partial charge < -0.3 is 10.0 Å². The van der Waals surface area contributed by atoms with E-state index < -0.39 is 33.9 Å². The number of nitrogens with one attached hydrogen (secondary N) is 1. The van der Waals surface area contributed by atoms with Crippen LogP contribution >= 0.6 is 0 Å². The van der Waals surface area contributed by atoms with E-state index >= 15 is 0 Å². The Balaban J connectivity index is 1.49. The second-order valence-corrected chi connectivity index (χ2v) is 10.9. The lowest BCUT2D eigenvalue weighted by atomic mass is 9.86. The highest BCUT2D eigenvalue weighted by Crippen LogP contribution is 2.32. The van der Waals surface area contributed by atoms with Crippen LogP contribution in [0.3, 0.4) is 0 Å². The number of anilines is 1. The monoisotopic (exact) mass is 529 g/mol. The van der Waals surface area contributed by atoms with Gasteiger partial charge in [0.1, 0.15) is 16.5 Å². The molecule has 0 atom stereocenters. The first-order chi connectivity index (χ1) is 17.4. The predicted molar refractivity (Wildman–Crippen MR) is 131 cm³/mol. The van der Waals surface area contributed by atoms with Crippen LogP contribution in [0.2, 0.25) is 0 Å². The van der Waals surface area contributed by atoms with Crippen molar-refractivity contribution in [1.82, 2.24) is 14.9 Å². The zero-order valence-corrected chi connectivity index (χ0v) is 20.8. The van der Waals surface area contributed by atoms with Crippen LogP contribution in [-0.4, -0.2) is 58.9 Å². The van der Waals surface area contributed by atoms with Crippen LogP contribution in [0, 0.1) is 11.3 Å². The minimum atomic E-state index is -4.09. The number of aromatic nitrogens is 2. The Bertz CT molecular complexity index is 1470. The van der Waals surface area contributed by atoms with E-state index in [2.05, 4.69) is 14.7 Å². The number of para-hydroxylation sites is 1. The number of benzene rings is 2. The molecule has 9 nitrogen and oxygen atoms in total. The summed E-state index contributed by atoms with van der Waals surface area (Å²) in [6.07, 6.45) is 2.60. The number of hydrogen-bond donors (Lipinski definition) is 2. The number of sulfonamides is 1. The zero-order valence-electron chi connectivity index (χ0n) is 20.0. The maximum Gasteiger partial charge on any atom is 0.264 e. The Morgan fingerprint density at radius 3 is 2.59 bits per heavy atom. The summed E-state index contributed by atoms with van der Waals surface area (Å²) in [4.78, 5) is 22.7. The molecule has 2 heterocycles. The van der Waals surface area contributed by atoms with Crippen LogP contribution < -0.4 is 4.72 Å². The SMILES string of the molecule is CC(F)(F)CCC1(O)CCN(C(=O)c2ccc(NS(=O)(=O)c3cccc4nccnc34)cc2C#N)CC1. The molecule has 3 aromatic rings. The van der Waals surface area contributed by atoms with Crippen LogP contribution in [0.4, 0.5) is 14.5 Å². The molecule has 0 radical (unpaired) electrons. The first-order valence-electron chi connectivity index (χ1n) is 11.6. The fraction of sp³-hybridized carbons (Fsp3) is 0.360. The summed E-state index contributed by atoms with van der Waals surface area (Å²) in [5.74, 6) is -3.34. The number of likely N-dealkylation sites (tertiary alicyclic amines) is 1. The van der Waals surface area contributed by atoms with E-state index in [1.807, 2.05) is 6.07 Å². The summed E-state index contributed by atoms with van der Waals surface area (Å²) in [5.41, 5.74) is -0.551. The highest BCUT2D eigenvalue weighted by Gasteiger charge is 2.37. The molecule has 194 valence electrons. The summed E-state index contributed by atoms with van der Waals surface area (Å²) in [6.45, 7) is 1.09. The van der Waals surface area contributed by atoms with Gasteiger partial charge in [-0.1, -0.05) is 6.07 Å². The number of carbonyl (C=O) groups excluding carboxylic acids is 1. The molecule has 1 aliphatic rings. The van der Waals surface area contributed by atoms with Crippen LogP contribution in [0.15, 0.2) is 53.7 Å². The van der Waals surface area contributed by atoms with E-state index in [9.17, 15) is 32.4 Å². The van der Waals surface area contributed by atoms with Gasteiger partial charge in [-0.25, -0.2) is 17.2 Å². The van der Waals surface area contributed by atoms with Gasteiger partial charge in [-0.15, -0.1) is 0 Å². The number of fused-ring (bicyclic) bond motifs is 1. The lowest BCUT2D eigenvalue weighted by molar-refractivity contribution is -0.0570. The fourth-order valence-corrected chi connectivity index (χ4v) is 5.50. The quantitative estimate of drug-likeness (QED) is 0.476. The highest BCUT2D eigenvalue weighted by atomic mass is 32.2. The van der Waals surface area contributed by atoms with Crippen LogP contribution in [0.1, 0.15) is 48.5 Å². The van der Waals surface area contributed by atoms with Gasteiger partial charge in [-0.3, -0.25) is 19.5 Å². The molecule has 37 heavy (non-hydrogen) atoms. The number of nitrogens with zero attached hydrogens (tertiary/aromatic N) is 4. The second kappa shape index (κ2) is 9.99. The minimum absolute atomic E-state index is 0.0330. The number of piperidine rings is 1. The van der Waals surface area contributed by atoms with Gasteiger partial charge in [-0.05, 0) is 56.5 Å². The van der Waals surface area contributed by atoms with Crippen molar-refractivity contribution in [1.29, 1.82) is 5.26 Å². The normalized spacial score (nSPS) is 15.8. The number of carbonyl (C=O) groups is 1. The molecule has 2 aromatic carbocycles. The van der Waals surface area contributed by atoms with Crippen molar-refractivity contribution in [2.75, 3.05) is 17.8 Å². The average Bonchev–Trinajstić information content (AvgIpc) is 2.86. The Kier molecular flexibility index (Phi) is 7.12. The van der Waals surface area contributed by atoms with E-state index in [1.165, 1.54) is 41.6 Å². The highest BCUT2D eigenvalue weighted by molar-refractivity contribution is 7.93. The van der Waals surface area contributed by atoms with Crippen molar-refractivity contribution < 1.29 is 27.1 Å². The van der Waals surface area contributed by atoms with Crippen molar-refractivity contribution in [2.24, 2.45) is 0 Å². The lowest BCUT2D eigenvalue weighted by Gasteiger charge is -2.38. The summed E-state index contributed by atoms with van der Waals surface area (Å²) >= 11 is 0. The maximum absolute atomic E-state index is 13.2. The number of alkyl halides is 2. The van der Waals surface area contributed by atoms with Crippen molar-refractivity contribution in [3.8, 4) is 6.07 Å². The van der Waals surface area contributed by atoms with Gasteiger partial charge in [0.15, 0.2) is 0 Å². The third-order valence-corrected chi connectivity index (χ3v) is 7.80. The molecule has 0 aliphatic carbocycles. The topological polar surface area (TPSA) is 136 Å². The summed E-state index contributed by atoms with van der Waals surface area (Å²) in [7, 11) is -4.09. The average molecular weight is 530 g/mol. The van der Waals surface area contributed by atoms with Crippen molar-refractivity contribution in [2.45, 2.75) is 49.0 Å².